The number of urea groups is 1. The van der Waals surface area contributed by atoms with Crippen molar-refractivity contribution in [2.24, 2.45) is 5.92 Å². The molecule has 7 heteroatoms. The fraction of sp³-hybridized carbons (Fsp3) is 0.333. The van der Waals surface area contributed by atoms with E-state index >= 15 is 0 Å². The number of aromatic nitrogens is 2. The van der Waals surface area contributed by atoms with Gasteiger partial charge in [0.2, 0.25) is 0 Å². The van der Waals surface area contributed by atoms with Crippen molar-refractivity contribution in [1.82, 2.24) is 15.3 Å². The summed E-state index contributed by atoms with van der Waals surface area (Å²) in [7, 11) is 0. The molecule has 0 saturated heterocycles. The van der Waals surface area contributed by atoms with E-state index in [1.807, 2.05) is 18.4 Å². The minimum absolute atomic E-state index is 0.0575. The molecule has 1 atom stereocenters. The largest absolute Gasteiger partial charge is 0.328 e. The Hall–Kier alpha value is -2.46. The first-order valence-corrected chi connectivity index (χ1v) is 7.89. The lowest BCUT2D eigenvalue weighted by molar-refractivity contribution is 0.247. The predicted octanol–water partition coefficient (Wildman–Crippen LogP) is 2.99. The number of amides is 2. The predicted molar refractivity (Wildman–Crippen MR) is 83.4 cm³/mol. The third-order valence-electron chi connectivity index (χ3n) is 3.41. The molecule has 0 radical (unpaired) electrons. The number of rotatable bonds is 4. The monoisotopic (exact) mass is 313 g/mol. The smallest absolute Gasteiger partial charge is 0.320 e. The molecular formula is C15H15N5OS. The minimum Gasteiger partial charge on any atom is -0.328 e. The highest BCUT2D eigenvalue weighted by Crippen LogP contribution is 2.41. The molecule has 0 aliphatic heterocycles. The topological polar surface area (TPSA) is 90.7 Å². The maximum absolute atomic E-state index is 12.2. The first-order chi connectivity index (χ1) is 10.7. The SMILES string of the molecule is Cc1csc(C(NC(=O)Nc2cc(C#N)ccn2)C2CC2)n1. The highest BCUT2D eigenvalue weighted by molar-refractivity contribution is 7.09. The first-order valence-electron chi connectivity index (χ1n) is 7.01. The van der Waals surface area contributed by atoms with E-state index in [1.54, 1.807) is 23.5 Å². The van der Waals surface area contributed by atoms with Crippen LogP contribution >= 0.6 is 11.3 Å². The molecule has 1 saturated carbocycles. The molecule has 1 aliphatic rings. The highest BCUT2D eigenvalue weighted by Gasteiger charge is 2.35. The molecule has 2 N–H and O–H groups in total. The number of carbonyl (C=O) groups excluding carboxylic acids is 1. The summed E-state index contributed by atoms with van der Waals surface area (Å²) in [4.78, 5) is 20.7. The van der Waals surface area contributed by atoms with Crippen molar-refractivity contribution in [3.63, 3.8) is 0 Å². The van der Waals surface area contributed by atoms with Crippen molar-refractivity contribution in [2.45, 2.75) is 25.8 Å². The van der Waals surface area contributed by atoms with Crippen LogP contribution in [-0.4, -0.2) is 16.0 Å². The van der Waals surface area contributed by atoms with Crippen LogP contribution in [-0.2, 0) is 0 Å². The summed E-state index contributed by atoms with van der Waals surface area (Å²) in [6.07, 6.45) is 3.70. The van der Waals surface area contributed by atoms with Crippen LogP contribution in [0.3, 0.4) is 0 Å². The quantitative estimate of drug-likeness (QED) is 0.907. The average molecular weight is 313 g/mol. The van der Waals surface area contributed by atoms with E-state index in [9.17, 15) is 4.79 Å². The Morgan fingerprint density at radius 2 is 2.36 bits per heavy atom. The Balaban J connectivity index is 1.68. The van der Waals surface area contributed by atoms with E-state index < -0.39 is 0 Å². The van der Waals surface area contributed by atoms with E-state index in [-0.39, 0.29) is 12.1 Å². The van der Waals surface area contributed by atoms with Crippen LogP contribution in [0.4, 0.5) is 10.6 Å². The molecule has 2 heterocycles. The molecule has 0 aromatic carbocycles. The number of pyridine rings is 1. The molecule has 0 bridgehead atoms. The van der Waals surface area contributed by atoms with Gasteiger partial charge in [-0.15, -0.1) is 11.3 Å². The van der Waals surface area contributed by atoms with Gasteiger partial charge >= 0.3 is 6.03 Å². The lowest BCUT2D eigenvalue weighted by Crippen LogP contribution is -2.33. The van der Waals surface area contributed by atoms with Gasteiger partial charge in [-0.1, -0.05) is 0 Å². The van der Waals surface area contributed by atoms with Gasteiger partial charge in [-0.05, 0) is 37.8 Å². The number of aryl methyl sites for hydroxylation is 1. The maximum Gasteiger partial charge on any atom is 0.320 e. The van der Waals surface area contributed by atoms with Gasteiger partial charge < -0.3 is 5.32 Å². The third kappa shape index (κ3) is 3.40. The summed E-state index contributed by atoms with van der Waals surface area (Å²) in [5.41, 5.74) is 1.43. The summed E-state index contributed by atoms with van der Waals surface area (Å²) in [6, 6.07) is 4.77. The second-order valence-corrected chi connectivity index (χ2v) is 6.17. The molecule has 1 fully saturated rings. The van der Waals surface area contributed by atoms with Gasteiger partial charge in [-0.3, -0.25) is 5.32 Å². The Bertz CT molecular complexity index is 732. The van der Waals surface area contributed by atoms with Crippen LogP contribution in [0.15, 0.2) is 23.7 Å². The number of nitrogens with zero attached hydrogens (tertiary/aromatic N) is 3. The van der Waals surface area contributed by atoms with Gasteiger partial charge in [0.25, 0.3) is 0 Å². The molecule has 112 valence electrons. The van der Waals surface area contributed by atoms with Gasteiger partial charge in [0.15, 0.2) is 0 Å². The lowest BCUT2D eigenvalue weighted by atomic mass is 10.2. The van der Waals surface area contributed by atoms with E-state index in [1.165, 1.54) is 6.20 Å². The molecule has 2 amide bonds. The third-order valence-corrected chi connectivity index (χ3v) is 4.46. The Kier molecular flexibility index (Phi) is 4.02. The summed E-state index contributed by atoms with van der Waals surface area (Å²) in [6.45, 7) is 1.95. The molecule has 22 heavy (non-hydrogen) atoms. The van der Waals surface area contributed by atoms with Crippen molar-refractivity contribution in [3.05, 3.63) is 40.0 Å². The van der Waals surface area contributed by atoms with Crippen molar-refractivity contribution in [1.29, 1.82) is 5.26 Å². The normalized spacial score (nSPS) is 14.9. The molecule has 0 spiro atoms. The van der Waals surface area contributed by atoms with Gasteiger partial charge in [0, 0.05) is 17.3 Å². The Morgan fingerprint density at radius 3 is 3.00 bits per heavy atom. The second-order valence-electron chi connectivity index (χ2n) is 5.28. The zero-order valence-electron chi connectivity index (χ0n) is 12.0. The molecule has 1 aliphatic carbocycles. The summed E-state index contributed by atoms with van der Waals surface area (Å²) >= 11 is 1.57. The fourth-order valence-electron chi connectivity index (χ4n) is 2.19. The number of nitrogens with one attached hydrogen (secondary N) is 2. The second kappa shape index (κ2) is 6.12. The molecular weight excluding hydrogens is 298 g/mol. The van der Waals surface area contributed by atoms with Gasteiger partial charge in [0.05, 0.1) is 17.7 Å². The summed E-state index contributed by atoms with van der Waals surface area (Å²) < 4.78 is 0. The maximum atomic E-state index is 12.2. The van der Waals surface area contributed by atoms with Crippen molar-refractivity contribution in [2.75, 3.05) is 5.32 Å². The molecule has 1 unspecified atom stereocenters. The van der Waals surface area contributed by atoms with Crippen LogP contribution in [0.25, 0.3) is 0 Å². The van der Waals surface area contributed by atoms with Crippen LogP contribution in [0, 0.1) is 24.2 Å². The number of hydrogen-bond donors (Lipinski definition) is 2. The van der Waals surface area contributed by atoms with Gasteiger partial charge in [-0.2, -0.15) is 5.26 Å². The van der Waals surface area contributed by atoms with Gasteiger partial charge in [0.1, 0.15) is 10.8 Å². The van der Waals surface area contributed by atoms with Crippen LogP contribution < -0.4 is 10.6 Å². The van der Waals surface area contributed by atoms with Crippen molar-refractivity contribution < 1.29 is 4.79 Å². The lowest BCUT2D eigenvalue weighted by Gasteiger charge is -2.16. The molecule has 3 rings (SSSR count). The zero-order valence-corrected chi connectivity index (χ0v) is 12.9. The summed E-state index contributed by atoms with van der Waals surface area (Å²) in [5, 5.41) is 17.4. The van der Waals surface area contributed by atoms with Crippen LogP contribution in [0.5, 0.6) is 0 Å². The van der Waals surface area contributed by atoms with Crippen LogP contribution in [0.2, 0.25) is 0 Å². The zero-order chi connectivity index (χ0) is 15.5. The van der Waals surface area contributed by atoms with E-state index in [4.69, 9.17) is 5.26 Å². The Labute approximate surface area is 132 Å². The van der Waals surface area contributed by atoms with Crippen molar-refractivity contribution >= 4 is 23.2 Å². The van der Waals surface area contributed by atoms with Crippen molar-refractivity contribution in [3.8, 4) is 6.07 Å². The fourth-order valence-corrected chi connectivity index (χ4v) is 3.13. The average Bonchev–Trinajstić information content (AvgIpc) is 3.26. The number of carbonyl (C=O) groups is 1. The number of thiazole rings is 1. The van der Waals surface area contributed by atoms with E-state index in [0.717, 1.165) is 23.5 Å². The number of hydrogen-bond acceptors (Lipinski definition) is 5. The molecule has 6 nitrogen and oxygen atoms in total. The molecule has 2 aromatic heterocycles. The van der Waals surface area contributed by atoms with Crippen LogP contribution in [0.1, 0.15) is 35.1 Å². The Morgan fingerprint density at radius 1 is 1.55 bits per heavy atom. The summed E-state index contributed by atoms with van der Waals surface area (Å²) in [5.74, 6) is 0.816. The van der Waals surface area contributed by atoms with E-state index in [0.29, 0.717) is 17.3 Å². The van der Waals surface area contributed by atoms with Gasteiger partial charge in [-0.25, -0.2) is 14.8 Å². The highest BCUT2D eigenvalue weighted by atomic mass is 32.1. The van der Waals surface area contributed by atoms with E-state index in [2.05, 4.69) is 20.6 Å². The molecule has 2 aromatic rings. The first kappa shape index (κ1) is 14.5. The minimum atomic E-state index is -0.327. The number of nitriles is 1. The standard InChI is InChI=1S/C15H15N5OS/c1-9-8-22-14(18-9)13(11-2-3-11)20-15(21)19-12-6-10(7-16)4-5-17-12/h4-6,8,11,13H,2-3H2,1H3,(H2,17,19,20,21). The number of anilines is 1.